The number of rotatable bonds is 2. The molecule has 0 radical (unpaired) electrons. The van der Waals surface area contributed by atoms with Crippen molar-refractivity contribution in [3.05, 3.63) is 53.1 Å². The van der Waals surface area contributed by atoms with Gasteiger partial charge in [0.05, 0.1) is 10.6 Å². The predicted molar refractivity (Wildman–Crippen MR) is 76.7 cm³/mol. The fourth-order valence-electron chi connectivity index (χ4n) is 1.75. The lowest BCUT2D eigenvalue weighted by Gasteiger charge is -2.19. The van der Waals surface area contributed by atoms with Gasteiger partial charge in [-0.2, -0.15) is 0 Å². The molecule has 0 aliphatic carbocycles. The molecule has 2 aromatic carbocycles. The Morgan fingerprint density at radius 1 is 1.26 bits per heavy atom. The van der Waals surface area contributed by atoms with E-state index >= 15 is 0 Å². The number of nitrogen functional groups attached to an aromatic ring is 1. The standard InChI is InChI=1S/C14H13ClN2O2/c1-17(9-4-2-5-10(18)8-9)14(19)13-11(15)6-3-7-12(13)16/h2-8,18H,16H2,1H3. The van der Waals surface area contributed by atoms with Crippen LogP contribution >= 0.6 is 11.6 Å². The smallest absolute Gasteiger partial charge is 0.261 e. The average molecular weight is 277 g/mol. The van der Waals surface area contributed by atoms with E-state index in [0.717, 1.165) is 0 Å². The van der Waals surface area contributed by atoms with Crippen molar-refractivity contribution < 1.29 is 9.90 Å². The molecule has 0 aliphatic rings. The topological polar surface area (TPSA) is 66.6 Å². The van der Waals surface area contributed by atoms with Crippen molar-refractivity contribution in [2.75, 3.05) is 17.7 Å². The normalized spacial score (nSPS) is 10.2. The molecule has 2 aromatic rings. The van der Waals surface area contributed by atoms with Gasteiger partial charge in [-0.05, 0) is 24.3 Å². The van der Waals surface area contributed by atoms with Gasteiger partial charge in [0.2, 0.25) is 0 Å². The first-order chi connectivity index (χ1) is 9.00. The van der Waals surface area contributed by atoms with Crippen LogP contribution in [-0.2, 0) is 0 Å². The Morgan fingerprint density at radius 2 is 1.95 bits per heavy atom. The maximum absolute atomic E-state index is 12.4. The van der Waals surface area contributed by atoms with E-state index in [2.05, 4.69) is 0 Å². The molecule has 0 bridgehead atoms. The molecule has 4 nitrogen and oxygen atoms in total. The highest BCUT2D eigenvalue weighted by Crippen LogP contribution is 2.26. The van der Waals surface area contributed by atoms with Crippen LogP contribution < -0.4 is 10.6 Å². The van der Waals surface area contributed by atoms with E-state index < -0.39 is 0 Å². The molecule has 5 heteroatoms. The van der Waals surface area contributed by atoms with Crippen molar-refractivity contribution in [1.29, 1.82) is 0 Å². The van der Waals surface area contributed by atoms with Gasteiger partial charge in [0.15, 0.2) is 0 Å². The highest BCUT2D eigenvalue weighted by molar-refractivity contribution is 6.35. The van der Waals surface area contributed by atoms with Gasteiger partial charge in [-0.1, -0.05) is 23.7 Å². The Kier molecular flexibility index (Phi) is 3.62. The van der Waals surface area contributed by atoms with Gasteiger partial charge in [-0.15, -0.1) is 0 Å². The number of hydrogen-bond acceptors (Lipinski definition) is 3. The van der Waals surface area contributed by atoms with Gasteiger partial charge < -0.3 is 15.7 Å². The third kappa shape index (κ3) is 2.63. The minimum Gasteiger partial charge on any atom is -0.508 e. The SMILES string of the molecule is CN(C(=O)c1c(N)cccc1Cl)c1cccc(O)c1. The van der Waals surface area contributed by atoms with E-state index in [9.17, 15) is 9.90 Å². The van der Waals surface area contributed by atoms with Gasteiger partial charge in [0.1, 0.15) is 5.75 Å². The Morgan fingerprint density at radius 3 is 2.58 bits per heavy atom. The number of nitrogens with zero attached hydrogens (tertiary/aromatic N) is 1. The van der Waals surface area contributed by atoms with Gasteiger partial charge >= 0.3 is 0 Å². The number of anilines is 2. The Bertz CT molecular complexity index is 608. The number of aromatic hydroxyl groups is 1. The third-order valence-electron chi connectivity index (χ3n) is 2.78. The number of hydrogen-bond donors (Lipinski definition) is 2. The van der Waals surface area contributed by atoms with Crippen LogP contribution in [0, 0.1) is 0 Å². The monoisotopic (exact) mass is 276 g/mol. The number of halogens is 1. The van der Waals surface area contributed by atoms with Crippen LogP contribution in [0.1, 0.15) is 10.4 Å². The fourth-order valence-corrected chi connectivity index (χ4v) is 2.02. The molecule has 98 valence electrons. The van der Waals surface area contributed by atoms with E-state index in [0.29, 0.717) is 16.4 Å². The molecule has 0 heterocycles. The molecule has 0 saturated carbocycles. The Balaban J connectivity index is 2.39. The van der Waals surface area contributed by atoms with Crippen molar-refractivity contribution >= 4 is 28.9 Å². The number of carbonyl (C=O) groups excluding carboxylic acids is 1. The molecular weight excluding hydrogens is 264 g/mol. The van der Waals surface area contributed by atoms with Crippen molar-refractivity contribution in [2.24, 2.45) is 0 Å². The molecular formula is C14H13ClN2O2. The zero-order valence-electron chi connectivity index (χ0n) is 10.3. The Labute approximate surface area is 116 Å². The summed E-state index contributed by atoms with van der Waals surface area (Å²) in [6.45, 7) is 0. The molecule has 3 N–H and O–H groups in total. The van der Waals surface area contributed by atoms with Gasteiger partial charge in [-0.25, -0.2) is 0 Å². The number of benzene rings is 2. The van der Waals surface area contributed by atoms with Crippen LogP contribution in [0.5, 0.6) is 5.75 Å². The van der Waals surface area contributed by atoms with Crippen molar-refractivity contribution in [3.63, 3.8) is 0 Å². The molecule has 0 saturated heterocycles. The van der Waals surface area contributed by atoms with Crippen molar-refractivity contribution in [1.82, 2.24) is 0 Å². The van der Waals surface area contributed by atoms with Crippen molar-refractivity contribution in [2.45, 2.75) is 0 Å². The highest BCUT2D eigenvalue weighted by Gasteiger charge is 2.19. The van der Waals surface area contributed by atoms with Gasteiger partial charge in [0, 0.05) is 24.5 Å². The number of phenols is 1. The second-order valence-corrected chi connectivity index (χ2v) is 4.50. The summed E-state index contributed by atoms with van der Waals surface area (Å²) in [6.07, 6.45) is 0. The minimum absolute atomic E-state index is 0.0873. The molecule has 19 heavy (non-hydrogen) atoms. The van der Waals surface area contributed by atoms with Crippen LogP contribution in [0.4, 0.5) is 11.4 Å². The summed E-state index contributed by atoms with van der Waals surface area (Å²) in [5, 5.41) is 9.74. The summed E-state index contributed by atoms with van der Waals surface area (Å²) in [4.78, 5) is 13.8. The van der Waals surface area contributed by atoms with Crippen LogP contribution in [0.3, 0.4) is 0 Å². The molecule has 0 spiro atoms. The van der Waals surface area contributed by atoms with Gasteiger partial charge in [-0.3, -0.25) is 4.79 Å². The first-order valence-corrected chi connectivity index (χ1v) is 5.99. The lowest BCUT2D eigenvalue weighted by molar-refractivity contribution is 0.0994. The molecule has 0 aromatic heterocycles. The molecule has 0 fully saturated rings. The maximum Gasteiger partial charge on any atom is 0.261 e. The molecule has 1 amide bonds. The van der Waals surface area contributed by atoms with Crippen LogP contribution in [0.2, 0.25) is 5.02 Å². The summed E-state index contributed by atoms with van der Waals surface area (Å²) in [7, 11) is 1.60. The fraction of sp³-hybridized carbons (Fsp3) is 0.0714. The number of carbonyl (C=O) groups is 1. The first-order valence-electron chi connectivity index (χ1n) is 5.62. The number of nitrogens with two attached hydrogens (primary N) is 1. The molecule has 0 aliphatic heterocycles. The van der Waals surface area contributed by atoms with Crippen LogP contribution in [-0.4, -0.2) is 18.1 Å². The summed E-state index contributed by atoms with van der Waals surface area (Å²) in [6, 6.07) is 11.3. The van der Waals surface area contributed by atoms with Crippen LogP contribution in [0.15, 0.2) is 42.5 Å². The van der Waals surface area contributed by atoms with E-state index in [1.54, 1.807) is 37.4 Å². The number of amides is 1. The molecule has 2 rings (SSSR count). The Hall–Kier alpha value is -2.20. The molecule has 0 atom stereocenters. The van der Waals surface area contributed by atoms with E-state index in [1.165, 1.54) is 17.0 Å². The van der Waals surface area contributed by atoms with E-state index in [4.69, 9.17) is 17.3 Å². The zero-order valence-corrected chi connectivity index (χ0v) is 11.1. The van der Waals surface area contributed by atoms with Crippen LogP contribution in [0.25, 0.3) is 0 Å². The quantitative estimate of drug-likeness (QED) is 0.829. The zero-order chi connectivity index (χ0) is 14.0. The summed E-state index contributed by atoms with van der Waals surface area (Å²) in [5.74, 6) is -0.238. The predicted octanol–water partition coefficient (Wildman–Crippen LogP) is 2.90. The minimum atomic E-state index is -0.325. The lowest BCUT2D eigenvalue weighted by Crippen LogP contribution is -2.27. The van der Waals surface area contributed by atoms with Gasteiger partial charge in [0.25, 0.3) is 5.91 Å². The second kappa shape index (κ2) is 5.20. The van der Waals surface area contributed by atoms with Crippen molar-refractivity contribution in [3.8, 4) is 5.75 Å². The summed E-state index contributed by atoms with van der Waals surface area (Å²) >= 11 is 6.01. The molecule has 0 unspecified atom stereocenters. The maximum atomic E-state index is 12.4. The average Bonchev–Trinajstić information content (AvgIpc) is 2.37. The first kappa shape index (κ1) is 13.2. The highest BCUT2D eigenvalue weighted by atomic mass is 35.5. The van der Waals surface area contributed by atoms with E-state index in [1.807, 2.05) is 0 Å². The lowest BCUT2D eigenvalue weighted by atomic mass is 10.1. The third-order valence-corrected chi connectivity index (χ3v) is 3.10. The van der Waals surface area contributed by atoms with E-state index in [-0.39, 0.29) is 17.2 Å². The largest absolute Gasteiger partial charge is 0.508 e. The summed E-state index contributed by atoms with van der Waals surface area (Å²) < 4.78 is 0. The number of phenolic OH excluding ortho intramolecular Hbond substituents is 1. The second-order valence-electron chi connectivity index (χ2n) is 4.09. The summed E-state index contributed by atoms with van der Waals surface area (Å²) in [5.41, 5.74) is 6.93.